The van der Waals surface area contributed by atoms with Gasteiger partial charge in [0.05, 0.1) is 25.8 Å². The molecule has 0 aliphatic carbocycles. The minimum Gasteiger partial charge on any atom is -0.495 e. The molecular weight excluding hydrogens is 312 g/mol. The number of hydrogen-bond acceptors (Lipinski definition) is 7. The molecule has 1 amide bonds. The highest BCUT2D eigenvalue weighted by Gasteiger charge is 2.39. The topological polar surface area (TPSA) is 90.6 Å². The number of aromatic nitrogens is 3. The molecule has 2 aromatic heterocycles. The molecule has 0 spiro atoms. The zero-order valence-electron chi connectivity index (χ0n) is 13.9. The average molecular weight is 332 g/mol. The van der Waals surface area contributed by atoms with Crippen molar-refractivity contribution in [2.75, 3.05) is 20.8 Å². The van der Waals surface area contributed by atoms with Crippen molar-refractivity contribution >= 4 is 5.91 Å². The first-order chi connectivity index (χ1) is 11.6. The monoisotopic (exact) mass is 332 g/mol. The van der Waals surface area contributed by atoms with Crippen molar-refractivity contribution in [1.82, 2.24) is 20.0 Å². The van der Waals surface area contributed by atoms with E-state index in [0.717, 1.165) is 0 Å². The van der Waals surface area contributed by atoms with E-state index in [1.165, 1.54) is 0 Å². The summed E-state index contributed by atoms with van der Waals surface area (Å²) in [6, 6.07) is 3.31. The van der Waals surface area contributed by atoms with Crippen LogP contribution in [0.4, 0.5) is 0 Å². The maximum Gasteiger partial charge on any atom is 0.249 e. The lowest BCUT2D eigenvalue weighted by atomic mass is 10.2. The summed E-state index contributed by atoms with van der Waals surface area (Å²) in [6.07, 6.45) is 2.39. The van der Waals surface area contributed by atoms with Crippen LogP contribution in [0.5, 0.6) is 5.75 Å². The van der Waals surface area contributed by atoms with Crippen LogP contribution < -0.4 is 4.74 Å². The Labute approximate surface area is 139 Å². The van der Waals surface area contributed by atoms with Crippen molar-refractivity contribution in [3.05, 3.63) is 35.7 Å². The van der Waals surface area contributed by atoms with Crippen LogP contribution in [0.2, 0.25) is 0 Å². The highest BCUT2D eigenvalue weighted by molar-refractivity contribution is 5.79. The van der Waals surface area contributed by atoms with Gasteiger partial charge in [-0.05, 0) is 19.1 Å². The van der Waals surface area contributed by atoms with E-state index in [2.05, 4.69) is 15.1 Å². The number of carbonyl (C=O) groups excluding carboxylic acids is 1. The Morgan fingerprint density at radius 3 is 2.83 bits per heavy atom. The molecule has 2 atom stereocenters. The summed E-state index contributed by atoms with van der Waals surface area (Å²) >= 11 is 0. The lowest BCUT2D eigenvalue weighted by Gasteiger charge is -2.21. The number of pyridine rings is 1. The molecule has 1 fully saturated rings. The largest absolute Gasteiger partial charge is 0.495 e. The summed E-state index contributed by atoms with van der Waals surface area (Å²) in [6.45, 7) is 2.25. The fourth-order valence-electron chi connectivity index (χ4n) is 2.82. The highest BCUT2D eigenvalue weighted by Crippen LogP contribution is 2.32. The van der Waals surface area contributed by atoms with Crippen LogP contribution >= 0.6 is 0 Å². The van der Waals surface area contributed by atoms with Gasteiger partial charge in [0.2, 0.25) is 11.8 Å². The molecule has 0 N–H and O–H groups in total. The fourth-order valence-corrected chi connectivity index (χ4v) is 2.82. The fraction of sp³-hybridized carbons (Fsp3) is 0.500. The highest BCUT2D eigenvalue weighted by atomic mass is 16.5. The molecule has 3 rings (SSSR count). The van der Waals surface area contributed by atoms with Gasteiger partial charge in [-0.1, -0.05) is 5.16 Å². The van der Waals surface area contributed by atoms with Crippen LogP contribution in [0.3, 0.4) is 0 Å². The summed E-state index contributed by atoms with van der Waals surface area (Å²) in [5, 5.41) is 3.82. The standard InChI is InChI=1S/C16H20N4O4/c1-10-18-16(24-19-10)14-7-13(23-3)9-20(14)15(21)6-11-4-5-12(22-2)8-17-11/h4-5,8,13-14H,6-7,9H2,1-3H3/t13-,14+/m0/s1. The van der Waals surface area contributed by atoms with Crippen molar-refractivity contribution in [1.29, 1.82) is 0 Å². The van der Waals surface area contributed by atoms with Crippen molar-refractivity contribution in [2.45, 2.75) is 31.9 Å². The number of rotatable bonds is 5. The number of nitrogens with zero attached hydrogens (tertiary/aromatic N) is 4. The Morgan fingerprint density at radius 1 is 1.42 bits per heavy atom. The Morgan fingerprint density at radius 2 is 2.25 bits per heavy atom. The van der Waals surface area contributed by atoms with Gasteiger partial charge in [0.15, 0.2) is 5.82 Å². The molecule has 3 heterocycles. The Hall–Kier alpha value is -2.48. The molecule has 2 aromatic rings. The third kappa shape index (κ3) is 3.38. The zero-order chi connectivity index (χ0) is 17.1. The molecular formula is C16H20N4O4. The maximum absolute atomic E-state index is 12.7. The average Bonchev–Trinajstić information content (AvgIpc) is 3.21. The minimum absolute atomic E-state index is 0.0463. The maximum atomic E-state index is 12.7. The van der Waals surface area contributed by atoms with Crippen LogP contribution in [0.1, 0.15) is 29.9 Å². The van der Waals surface area contributed by atoms with Gasteiger partial charge in [0.1, 0.15) is 11.8 Å². The van der Waals surface area contributed by atoms with E-state index in [1.807, 2.05) is 0 Å². The van der Waals surface area contributed by atoms with E-state index in [4.69, 9.17) is 14.0 Å². The summed E-state index contributed by atoms with van der Waals surface area (Å²) in [5.41, 5.74) is 0.683. The van der Waals surface area contributed by atoms with Crippen molar-refractivity contribution < 1.29 is 18.8 Å². The first kappa shape index (κ1) is 16.4. The summed E-state index contributed by atoms with van der Waals surface area (Å²) in [4.78, 5) is 23.0. The third-order valence-electron chi connectivity index (χ3n) is 4.11. The first-order valence-corrected chi connectivity index (χ1v) is 7.72. The molecule has 24 heavy (non-hydrogen) atoms. The molecule has 0 radical (unpaired) electrons. The third-order valence-corrected chi connectivity index (χ3v) is 4.11. The molecule has 128 valence electrons. The van der Waals surface area contributed by atoms with Gasteiger partial charge in [-0.3, -0.25) is 9.78 Å². The van der Waals surface area contributed by atoms with Crippen LogP contribution in [0, 0.1) is 6.92 Å². The number of methoxy groups -OCH3 is 2. The molecule has 0 unspecified atom stereocenters. The van der Waals surface area contributed by atoms with Crippen molar-refractivity contribution in [3.8, 4) is 5.75 Å². The smallest absolute Gasteiger partial charge is 0.249 e. The van der Waals surface area contributed by atoms with Gasteiger partial charge in [-0.25, -0.2) is 0 Å². The molecule has 1 aliphatic rings. The van der Waals surface area contributed by atoms with Crippen LogP contribution in [0.25, 0.3) is 0 Å². The quantitative estimate of drug-likeness (QED) is 0.815. The number of likely N-dealkylation sites (tertiary alicyclic amines) is 1. The van der Waals surface area contributed by atoms with Gasteiger partial charge < -0.3 is 18.9 Å². The van der Waals surface area contributed by atoms with Crippen LogP contribution in [0.15, 0.2) is 22.9 Å². The summed E-state index contributed by atoms with van der Waals surface area (Å²) in [7, 11) is 3.22. The Kier molecular flexibility index (Phi) is 4.75. The van der Waals surface area contributed by atoms with Gasteiger partial charge >= 0.3 is 0 Å². The number of aryl methyl sites for hydroxylation is 1. The van der Waals surface area contributed by atoms with E-state index < -0.39 is 0 Å². The molecule has 0 saturated carbocycles. The predicted molar refractivity (Wildman–Crippen MR) is 83.4 cm³/mol. The van der Waals surface area contributed by atoms with E-state index in [0.29, 0.717) is 36.1 Å². The SMILES string of the molecule is COc1ccc(CC(=O)N2C[C@@H](OC)C[C@@H]2c2nc(C)no2)nc1. The second-order valence-corrected chi connectivity index (χ2v) is 5.70. The number of hydrogen-bond donors (Lipinski definition) is 0. The summed E-state index contributed by atoms with van der Waals surface area (Å²) < 4.78 is 15.8. The number of ether oxygens (including phenoxy) is 2. The molecule has 1 aliphatic heterocycles. The normalized spacial score (nSPS) is 20.4. The molecule has 0 aromatic carbocycles. The van der Waals surface area contributed by atoms with Gasteiger partial charge in [0.25, 0.3) is 0 Å². The molecule has 8 heteroatoms. The summed E-state index contributed by atoms with van der Waals surface area (Å²) in [5.74, 6) is 1.61. The van der Waals surface area contributed by atoms with Crippen molar-refractivity contribution in [3.63, 3.8) is 0 Å². The van der Waals surface area contributed by atoms with Crippen LogP contribution in [-0.4, -0.2) is 52.8 Å². The van der Waals surface area contributed by atoms with Crippen LogP contribution in [-0.2, 0) is 16.0 Å². The van der Waals surface area contributed by atoms with Gasteiger partial charge in [0, 0.05) is 25.8 Å². The molecule has 8 nitrogen and oxygen atoms in total. The Balaban J connectivity index is 1.75. The lowest BCUT2D eigenvalue weighted by molar-refractivity contribution is -0.132. The second-order valence-electron chi connectivity index (χ2n) is 5.70. The second kappa shape index (κ2) is 6.96. The molecule has 0 bridgehead atoms. The number of amides is 1. The number of carbonyl (C=O) groups is 1. The lowest BCUT2D eigenvalue weighted by Crippen LogP contribution is -2.33. The van der Waals surface area contributed by atoms with Gasteiger partial charge in [-0.15, -0.1) is 0 Å². The van der Waals surface area contributed by atoms with E-state index in [-0.39, 0.29) is 24.5 Å². The van der Waals surface area contributed by atoms with Crippen molar-refractivity contribution in [2.24, 2.45) is 0 Å². The van der Waals surface area contributed by atoms with E-state index in [9.17, 15) is 4.79 Å². The first-order valence-electron chi connectivity index (χ1n) is 7.72. The van der Waals surface area contributed by atoms with E-state index >= 15 is 0 Å². The molecule has 1 saturated heterocycles. The zero-order valence-corrected chi connectivity index (χ0v) is 13.9. The predicted octanol–water partition coefficient (Wildman–Crippen LogP) is 1.31. The van der Waals surface area contributed by atoms with Gasteiger partial charge in [-0.2, -0.15) is 4.98 Å². The Bertz CT molecular complexity index is 700. The van der Waals surface area contributed by atoms with E-state index in [1.54, 1.807) is 44.4 Å². The minimum atomic E-state index is -0.262.